The normalized spacial score (nSPS) is 16.8. The van der Waals surface area contributed by atoms with E-state index in [1.165, 1.54) is 0 Å². The van der Waals surface area contributed by atoms with E-state index in [0.29, 0.717) is 6.42 Å². The van der Waals surface area contributed by atoms with Crippen LogP contribution in [0.4, 0.5) is 5.82 Å². The van der Waals surface area contributed by atoms with Gasteiger partial charge in [0, 0.05) is 44.0 Å². The summed E-state index contributed by atoms with van der Waals surface area (Å²) in [6.45, 7) is 4.97. The molecule has 1 unspecified atom stereocenters. The molecule has 1 amide bonds. The molecule has 5 nitrogen and oxygen atoms in total. The van der Waals surface area contributed by atoms with Gasteiger partial charge in [0.2, 0.25) is 5.91 Å². The van der Waals surface area contributed by atoms with E-state index >= 15 is 0 Å². The second kappa shape index (κ2) is 6.32. The summed E-state index contributed by atoms with van der Waals surface area (Å²) in [7, 11) is 0. The fourth-order valence-electron chi connectivity index (χ4n) is 2.82. The number of amides is 1. The van der Waals surface area contributed by atoms with Crippen molar-refractivity contribution in [1.29, 1.82) is 0 Å². The summed E-state index contributed by atoms with van der Waals surface area (Å²) in [5, 5.41) is 1.15. The molecule has 3 rings (SSSR count). The molecule has 1 saturated heterocycles. The summed E-state index contributed by atoms with van der Waals surface area (Å²) in [5.74, 6) is 1.14. The maximum absolute atomic E-state index is 12.0. The molecule has 0 saturated carbocycles. The highest BCUT2D eigenvalue weighted by Gasteiger charge is 2.22. The van der Waals surface area contributed by atoms with Gasteiger partial charge in [-0.2, -0.15) is 0 Å². The number of aromatic nitrogens is 1. The van der Waals surface area contributed by atoms with E-state index in [2.05, 4.69) is 23.1 Å². The Morgan fingerprint density at radius 1 is 1.18 bits per heavy atom. The van der Waals surface area contributed by atoms with E-state index in [0.717, 1.165) is 42.9 Å². The van der Waals surface area contributed by atoms with Gasteiger partial charge in [0.1, 0.15) is 5.82 Å². The molecular formula is C17H22N4O. The first-order valence-electron chi connectivity index (χ1n) is 7.77. The van der Waals surface area contributed by atoms with Crippen molar-refractivity contribution in [2.75, 3.05) is 31.1 Å². The highest BCUT2D eigenvalue weighted by molar-refractivity contribution is 5.80. The van der Waals surface area contributed by atoms with Gasteiger partial charge in [0.15, 0.2) is 0 Å². The average Bonchev–Trinajstić information content (AvgIpc) is 2.54. The van der Waals surface area contributed by atoms with Gasteiger partial charge in [-0.15, -0.1) is 0 Å². The Morgan fingerprint density at radius 3 is 2.64 bits per heavy atom. The molecule has 0 bridgehead atoms. The Hall–Kier alpha value is -2.14. The summed E-state index contributed by atoms with van der Waals surface area (Å²) in [4.78, 5) is 20.9. The summed E-state index contributed by atoms with van der Waals surface area (Å²) >= 11 is 0. The van der Waals surface area contributed by atoms with E-state index in [-0.39, 0.29) is 11.9 Å². The van der Waals surface area contributed by atoms with Crippen LogP contribution in [0.1, 0.15) is 13.3 Å². The summed E-state index contributed by atoms with van der Waals surface area (Å²) < 4.78 is 0. The minimum absolute atomic E-state index is 0.0762. The Balaban J connectivity index is 1.66. The molecule has 0 spiro atoms. The number of anilines is 1. The van der Waals surface area contributed by atoms with Crippen LogP contribution in [-0.2, 0) is 4.79 Å². The fraction of sp³-hybridized carbons (Fsp3) is 0.412. The number of carbonyl (C=O) groups excluding carboxylic acids is 1. The van der Waals surface area contributed by atoms with E-state index in [1.807, 2.05) is 30.0 Å². The molecule has 1 atom stereocenters. The second-order valence-corrected chi connectivity index (χ2v) is 5.91. The number of fused-ring (bicyclic) bond motifs is 1. The molecule has 22 heavy (non-hydrogen) atoms. The van der Waals surface area contributed by atoms with Crippen LogP contribution < -0.4 is 10.6 Å². The predicted molar refractivity (Wildman–Crippen MR) is 88.8 cm³/mol. The quantitative estimate of drug-likeness (QED) is 0.935. The number of para-hydroxylation sites is 1. The molecular weight excluding hydrogens is 276 g/mol. The van der Waals surface area contributed by atoms with Gasteiger partial charge in [-0.25, -0.2) is 4.98 Å². The van der Waals surface area contributed by atoms with E-state index in [9.17, 15) is 4.79 Å². The van der Waals surface area contributed by atoms with Gasteiger partial charge >= 0.3 is 0 Å². The van der Waals surface area contributed by atoms with Crippen molar-refractivity contribution < 1.29 is 4.79 Å². The van der Waals surface area contributed by atoms with Crippen molar-refractivity contribution in [3.05, 3.63) is 36.4 Å². The molecule has 1 aromatic carbocycles. The lowest BCUT2D eigenvalue weighted by atomic mass is 10.2. The van der Waals surface area contributed by atoms with Gasteiger partial charge in [0.25, 0.3) is 0 Å². The van der Waals surface area contributed by atoms with Crippen molar-refractivity contribution >= 4 is 22.6 Å². The zero-order valence-corrected chi connectivity index (χ0v) is 12.9. The van der Waals surface area contributed by atoms with Gasteiger partial charge in [-0.1, -0.05) is 18.2 Å². The number of benzene rings is 1. The first kappa shape index (κ1) is 14.8. The van der Waals surface area contributed by atoms with E-state index in [4.69, 9.17) is 10.7 Å². The van der Waals surface area contributed by atoms with Crippen LogP contribution in [0.2, 0.25) is 0 Å². The molecule has 1 aliphatic rings. The summed E-state index contributed by atoms with van der Waals surface area (Å²) in [6.07, 6.45) is 0.425. The van der Waals surface area contributed by atoms with Crippen LogP contribution in [-0.4, -0.2) is 48.0 Å². The topological polar surface area (TPSA) is 62.5 Å². The first-order chi connectivity index (χ1) is 10.6. The van der Waals surface area contributed by atoms with Crippen LogP contribution in [0.3, 0.4) is 0 Å². The molecule has 0 aliphatic carbocycles. The molecule has 116 valence electrons. The van der Waals surface area contributed by atoms with Crippen molar-refractivity contribution in [1.82, 2.24) is 9.88 Å². The van der Waals surface area contributed by atoms with Crippen molar-refractivity contribution in [2.45, 2.75) is 19.4 Å². The lowest BCUT2D eigenvalue weighted by molar-refractivity contribution is -0.131. The third-order valence-corrected chi connectivity index (χ3v) is 4.04. The number of hydrogen-bond donors (Lipinski definition) is 1. The monoisotopic (exact) mass is 298 g/mol. The number of rotatable bonds is 3. The average molecular weight is 298 g/mol. The number of carbonyl (C=O) groups is 1. The molecule has 1 aliphatic heterocycles. The van der Waals surface area contributed by atoms with E-state index < -0.39 is 0 Å². The summed E-state index contributed by atoms with van der Waals surface area (Å²) in [6, 6.07) is 12.2. The first-order valence-corrected chi connectivity index (χ1v) is 7.77. The third kappa shape index (κ3) is 3.20. The van der Waals surface area contributed by atoms with Crippen molar-refractivity contribution in [3.63, 3.8) is 0 Å². The highest BCUT2D eigenvalue weighted by atomic mass is 16.2. The van der Waals surface area contributed by atoms with E-state index in [1.54, 1.807) is 0 Å². The van der Waals surface area contributed by atoms with Crippen LogP contribution in [0.15, 0.2) is 36.4 Å². The SMILES string of the molecule is CC(N)CC(=O)N1CCN(c2ccc3ccccc3n2)CC1. The van der Waals surface area contributed by atoms with Crippen molar-refractivity contribution in [3.8, 4) is 0 Å². The lowest BCUT2D eigenvalue weighted by Crippen LogP contribution is -2.49. The van der Waals surface area contributed by atoms with Gasteiger partial charge in [-0.3, -0.25) is 4.79 Å². The molecule has 5 heteroatoms. The van der Waals surface area contributed by atoms with Crippen LogP contribution >= 0.6 is 0 Å². The molecule has 2 N–H and O–H groups in total. The summed E-state index contributed by atoms with van der Waals surface area (Å²) in [5.41, 5.74) is 6.71. The zero-order chi connectivity index (χ0) is 15.5. The standard InChI is InChI=1S/C17H22N4O/c1-13(18)12-17(22)21-10-8-20(9-11-21)16-7-6-14-4-2-3-5-15(14)19-16/h2-7,13H,8-12,18H2,1H3. The van der Waals surface area contributed by atoms with Gasteiger partial charge in [-0.05, 0) is 25.1 Å². The molecule has 2 heterocycles. The molecule has 1 fully saturated rings. The predicted octanol–water partition coefficient (Wildman–Crippen LogP) is 1.62. The Morgan fingerprint density at radius 2 is 1.91 bits per heavy atom. The molecule has 0 radical (unpaired) electrons. The number of pyridine rings is 1. The third-order valence-electron chi connectivity index (χ3n) is 4.04. The number of nitrogens with zero attached hydrogens (tertiary/aromatic N) is 3. The van der Waals surface area contributed by atoms with Crippen LogP contribution in [0.5, 0.6) is 0 Å². The largest absolute Gasteiger partial charge is 0.353 e. The second-order valence-electron chi connectivity index (χ2n) is 5.91. The lowest BCUT2D eigenvalue weighted by Gasteiger charge is -2.35. The minimum atomic E-state index is -0.0762. The Bertz CT molecular complexity index is 663. The van der Waals surface area contributed by atoms with Crippen LogP contribution in [0, 0.1) is 0 Å². The van der Waals surface area contributed by atoms with Gasteiger partial charge < -0.3 is 15.5 Å². The smallest absolute Gasteiger partial charge is 0.224 e. The molecule has 2 aromatic rings. The van der Waals surface area contributed by atoms with Crippen molar-refractivity contribution in [2.24, 2.45) is 5.73 Å². The molecule has 1 aromatic heterocycles. The highest BCUT2D eigenvalue weighted by Crippen LogP contribution is 2.19. The number of nitrogens with two attached hydrogens (primary N) is 1. The van der Waals surface area contributed by atoms with Gasteiger partial charge in [0.05, 0.1) is 5.52 Å². The Labute approximate surface area is 130 Å². The number of hydrogen-bond acceptors (Lipinski definition) is 4. The Kier molecular flexibility index (Phi) is 4.24. The number of piperazine rings is 1. The van der Waals surface area contributed by atoms with Crippen LogP contribution in [0.25, 0.3) is 10.9 Å². The minimum Gasteiger partial charge on any atom is -0.353 e. The maximum Gasteiger partial charge on any atom is 0.224 e. The zero-order valence-electron chi connectivity index (χ0n) is 12.9. The fourth-order valence-corrected chi connectivity index (χ4v) is 2.82. The maximum atomic E-state index is 12.0.